The van der Waals surface area contributed by atoms with Gasteiger partial charge in [0.05, 0.1) is 13.1 Å². The van der Waals surface area contributed by atoms with E-state index in [-0.39, 0.29) is 42.4 Å². The van der Waals surface area contributed by atoms with Crippen molar-refractivity contribution in [3.63, 3.8) is 0 Å². The Kier molecular flexibility index (Phi) is 6.64. The van der Waals surface area contributed by atoms with Gasteiger partial charge in [-0.1, -0.05) is 11.6 Å². The molecule has 31 heavy (non-hydrogen) atoms. The zero-order valence-electron chi connectivity index (χ0n) is 17.3. The third-order valence-corrected chi connectivity index (χ3v) is 5.82. The van der Waals surface area contributed by atoms with E-state index >= 15 is 0 Å². The molecule has 1 saturated heterocycles. The number of halogens is 2. The van der Waals surface area contributed by atoms with E-state index in [0.717, 1.165) is 6.42 Å². The second kappa shape index (κ2) is 9.05. The highest BCUT2D eigenvalue weighted by atomic mass is 35.5. The predicted octanol–water partition coefficient (Wildman–Crippen LogP) is 1.97. The summed E-state index contributed by atoms with van der Waals surface area (Å²) in [4.78, 5) is 38.5. The molecule has 2 fully saturated rings. The van der Waals surface area contributed by atoms with Crippen LogP contribution in [0.1, 0.15) is 32.3 Å². The Morgan fingerprint density at radius 2 is 1.97 bits per heavy atom. The Balaban J connectivity index is 1.68. The topological polar surface area (TPSA) is 128 Å². The van der Waals surface area contributed by atoms with Crippen molar-refractivity contribution in [2.75, 3.05) is 18.4 Å². The highest BCUT2D eigenvalue weighted by molar-refractivity contribution is 6.45. The van der Waals surface area contributed by atoms with Crippen LogP contribution >= 0.6 is 11.6 Å². The molecule has 1 saturated carbocycles. The predicted molar refractivity (Wildman–Crippen MR) is 116 cm³/mol. The Hall–Kier alpha value is -2.94. The number of amides is 3. The third kappa shape index (κ3) is 5.04. The van der Waals surface area contributed by atoms with Gasteiger partial charge in [-0.05, 0) is 56.4 Å². The number of carbonyl (C=O) groups is 3. The van der Waals surface area contributed by atoms with Crippen molar-refractivity contribution in [3.8, 4) is 0 Å². The van der Waals surface area contributed by atoms with Crippen molar-refractivity contribution in [1.29, 1.82) is 5.41 Å². The molecule has 0 spiro atoms. The zero-order chi connectivity index (χ0) is 22.9. The molecule has 3 atom stereocenters. The number of fused-ring (bicyclic) bond motifs is 1. The summed E-state index contributed by atoms with van der Waals surface area (Å²) >= 11 is 6.01. The van der Waals surface area contributed by atoms with Crippen LogP contribution < -0.4 is 16.4 Å². The summed E-state index contributed by atoms with van der Waals surface area (Å²) in [6, 6.07) is 3.84. The number of nitrogens with zero attached hydrogens (tertiary/aromatic N) is 1. The minimum Gasteiger partial charge on any atom is -0.376 e. The van der Waals surface area contributed by atoms with Crippen molar-refractivity contribution < 1.29 is 18.8 Å². The van der Waals surface area contributed by atoms with E-state index in [1.165, 1.54) is 18.2 Å². The van der Waals surface area contributed by atoms with Crippen LogP contribution in [-0.2, 0) is 14.4 Å². The highest BCUT2D eigenvalue weighted by Crippen LogP contribution is 2.47. The van der Waals surface area contributed by atoms with Crippen LogP contribution in [0, 0.1) is 11.3 Å². The lowest BCUT2D eigenvalue weighted by Gasteiger charge is -2.27. The Morgan fingerprint density at radius 1 is 1.26 bits per heavy atom. The number of carbonyl (C=O) groups excluding carboxylic acids is 3. The van der Waals surface area contributed by atoms with Gasteiger partial charge in [0.25, 0.3) is 5.91 Å². The minimum absolute atomic E-state index is 0.00102. The lowest BCUT2D eigenvalue weighted by molar-refractivity contribution is -0.138. The van der Waals surface area contributed by atoms with Gasteiger partial charge in [-0.2, -0.15) is 0 Å². The van der Waals surface area contributed by atoms with Crippen molar-refractivity contribution in [1.82, 2.24) is 10.2 Å². The van der Waals surface area contributed by atoms with Crippen LogP contribution in [0.2, 0.25) is 5.02 Å². The first kappa shape index (κ1) is 22.7. The molecule has 0 unspecified atom stereocenters. The Labute approximate surface area is 184 Å². The molecule has 1 aromatic rings. The monoisotopic (exact) mass is 449 g/mol. The van der Waals surface area contributed by atoms with E-state index in [0.29, 0.717) is 22.7 Å². The number of piperidine rings is 1. The fourth-order valence-electron chi connectivity index (χ4n) is 3.78. The van der Waals surface area contributed by atoms with E-state index in [1.54, 1.807) is 18.7 Å². The van der Waals surface area contributed by atoms with E-state index in [4.69, 9.17) is 22.7 Å². The molecule has 10 heteroatoms. The maximum absolute atomic E-state index is 13.7. The highest BCUT2D eigenvalue weighted by Gasteiger charge is 2.55. The van der Waals surface area contributed by atoms with E-state index in [9.17, 15) is 18.8 Å². The van der Waals surface area contributed by atoms with Gasteiger partial charge in [0.2, 0.25) is 11.8 Å². The van der Waals surface area contributed by atoms with Crippen LogP contribution in [0.25, 0.3) is 0 Å². The quantitative estimate of drug-likeness (QED) is 0.452. The number of hydrogen-bond donors (Lipinski definition) is 4. The minimum atomic E-state index is -0.905. The van der Waals surface area contributed by atoms with Gasteiger partial charge < -0.3 is 21.3 Å². The number of rotatable bonds is 8. The van der Waals surface area contributed by atoms with Gasteiger partial charge in [0.15, 0.2) is 0 Å². The lowest BCUT2D eigenvalue weighted by atomic mass is 10.1. The van der Waals surface area contributed by atoms with E-state index < -0.39 is 23.5 Å². The summed E-state index contributed by atoms with van der Waals surface area (Å²) in [6.45, 7) is 2.88. The molecule has 1 heterocycles. The first-order valence-corrected chi connectivity index (χ1v) is 10.3. The molecule has 1 aromatic carbocycles. The summed E-state index contributed by atoms with van der Waals surface area (Å²) in [5.41, 5.74) is 5.83. The van der Waals surface area contributed by atoms with Gasteiger partial charge in [-0.25, -0.2) is 4.39 Å². The molecular weight excluding hydrogens is 425 g/mol. The molecule has 3 amide bonds. The summed E-state index contributed by atoms with van der Waals surface area (Å²) < 4.78 is 13.7. The molecule has 0 bridgehead atoms. The second-order valence-corrected chi connectivity index (χ2v) is 8.46. The third-order valence-electron chi connectivity index (χ3n) is 5.58. The maximum atomic E-state index is 13.7. The lowest BCUT2D eigenvalue weighted by Crippen LogP contribution is -2.49. The summed E-state index contributed by atoms with van der Waals surface area (Å²) in [6.07, 6.45) is 1.39. The van der Waals surface area contributed by atoms with Gasteiger partial charge in [0, 0.05) is 22.3 Å². The molecule has 0 aromatic heterocycles. The van der Waals surface area contributed by atoms with Crippen molar-refractivity contribution in [2.24, 2.45) is 11.7 Å². The van der Waals surface area contributed by atoms with Gasteiger partial charge in [0.1, 0.15) is 17.6 Å². The summed E-state index contributed by atoms with van der Waals surface area (Å²) in [5.74, 6) is -1.71. The smallest absolute Gasteiger partial charge is 0.267 e. The number of allylic oxidation sites excluding steroid dienone is 1. The fourth-order valence-corrected chi connectivity index (χ4v) is 3.96. The number of nitrogens with one attached hydrogen (secondary N) is 3. The maximum Gasteiger partial charge on any atom is 0.267 e. The van der Waals surface area contributed by atoms with Crippen LogP contribution in [0.15, 0.2) is 29.6 Å². The first-order valence-electron chi connectivity index (χ1n) is 9.93. The largest absolute Gasteiger partial charge is 0.376 e. The standard InChI is InChI=1S/C21H25ClFN5O3/c1-10(2)14(23)8-27-21(31)17-6-11-5-16(11)28(17)18(29)9-26-15-7-12(22)3-4-13(15)19(24)20(25)30/h3-4,7,11,16-17,24,26H,5-6,8-9H2,1-2H3,(H2,25,30)(H,27,31)/t11-,16-,17+/m1/s1. The average Bonchev–Trinajstić information content (AvgIpc) is 3.38. The number of likely N-dealkylation sites (tertiary alicyclic amines) is 1. The van der Waals surface area contributed by atoms with Gasteiger partial charge in [-0.15, -0.1) is 0 Å². The van der Waals surface area contributed by atoms with Crippen molar-refractivity contribution >= 4 is 40.7 Å². The Morgan fingerprint density at radius 3 is 2.61 bits per heavy atom. The van der Waals surface area contributed by atoms with Crippen LogP contribution in [0.3, 0.4) is 0 Å². The normalized spacial score (nSPS) is 21.2. The van der Waals surface area contributed by atoms with Crippen LogP contribution in [0.5, 0.6) is 0 Å². The average molecular weight is 450 g/mol. The summed E-state index contributed by atoms with van der Waals surface area (Å²) in [7, 11) is 0. The number of benzene rings is 1. The molecule has 1 aliphatic carbocycles. The summed E-state index contributed by atoms with van der Waals surface area (Å²) in [5, 5.41) is 13.7. The van der Waals surface area contributed by atoms with E-state index in [1.807, 2.05) is 0 Å². The van der Waals surface area contributed by atoms with Crippen molar-refractivity contribution in [2.45, 2.75) is 38.8 Å². The number of primary amides is 1. The number of hydrogen-bond acceptors (Lipinski definition) is 5. The molecule has 3 rings (SSSR count). The molecular formula is C21H25ClFN5O3. The molecule has 166 valence electrons. The Bertz CT molecular complexity index is 976. The van der Waals surface area contributed by atoms with E-state index in [2.05, 4.69) is 10.6 Å². The zero-order valence-corrected chi connectivity index (χ0v) is 18.1. The van der Waals surface area contributed by atoms with Gasteiger partial charge in [-0.3, -0.25) is 19.8 Å². The van der Waals surface area contributed by atoms with Gasteiger partial charge >= 0.3 is 0 Å². The first-order chi connectivity index (χ1) is 14.6. The number of anilines is 1. The molecule has 0 radical (unpaired) electrons. The van der Waals surface area contributed by atoms with Crippen LogP contribution in [0.4, 0.5) is 10.1 Å². The molecule has 1 aliphatic heterocycles. The molecule has 5 N–H and O–H groups in total. The molecule has 8 nitrogen and oxygen atoms in total. The SMILES string of the molecule is CC(C)=C(F)CNC(=O)[C@@H]1C[C@H]2C[C@H]2N1C(=O)CNc1cc(Cl)ccc1C(=N)C(N)=O. The fraction of sp³-hybridized carbons (Fsp3) is 0.429. The van der Waals surface area contributed by atoms with Crippen molar-refractivity contribution in [3.05, 3.63) is 40.2 Å². The van der Waals surface area contributed by atoms with Crippen LogP contribution in [-0.4, -0.2) is 53.5 Å². The second-order valence-electron chi connectivity index (χ2n) is 8.02. The molecule has 2 aliphatic rings. The number of nitrogens with two attached hydrogens (primary N) is 1.